The lowest BCUT2D eigenvalue weighted by Gasteiger charge is -2.12. The number of methoxy groups -OCH3 is 1. The first-order chi connectivity index (χ1) is 17.6. The van der Waals surface area contributed by atoms with E-state index in [9.17, 15) is 18.8 Å². The molecule has 0 unspecified atom stereocenters. The highest BCUT2D eigenvalue weighted by Crippen LogP contribution is 2.33. The van der Waals surface area contributed by atoms with Crippen molar-refractivity contribution in [3.63, 3.8) is 0 Å². The van der Waals surface area contributed by atoms with Crippen LogP contribution in [0.4, 0.5) is 14.5 Å². The maximum absolute atomic E-state index is 13.3. The number of ether oxygens (including phenoxy) is 1. The number of carbonyl (C=O) groups excluding carboxylic acids is 1. The summed E-state index contributed by atoms with van der Waals surface area (Å²) < 4.78 is 33.6. The van der Waals surface area contributed by atoms with Gasteiger partial charge in [0.15, 0.2) is 5.11 Å². The van der Waals surface area contributed by atoms with Crippen LogP contribution >= 0.6 is 24.0 Å². The largest absolute Gasteiger partial charge is 0.496 e. The Morgan fingerprint density at radius 1 is 1.32 bits per heavy atom. The first-order valence-corrected chi connectivity index (χ1v) is 12.4. The molecule has 4 rings (SSSR count). The zero-order valence-electron chi connectivity index (χ0n) is 20.4. The van der Waals surface area contributed by atoms with E-state index >= 15 is 0 Å². The highest BCUT2D eigenvalue weighted by Gasteiger charge is 2.34. The van der Waals surface area contributed by atoms with Crippen molar-refractivity contribution in [1.29, 1.82) is 5.26 Å². The minimum absolute atomic E-state index is 0.226. The number of thiocarbonyl (C=S) groups is 1. The van der Waals surface area contributed by atoms with Gasteiger partial charge in [-0.05, 0) is 61.5 Å². The third-order valence-electron chi connectivity index (χ3n) is 5.63. The Morgan fingerprint density at radius 2 is 2.08 bits per heavy atom. The maximum Gasteiger partial charge on any atom is 0.281 e. The zero-order valence-corrected chi connectivity index (χ0v) is 22.0. The van der Waals surface area contributed by atoms with Gasteiger partial charge in [-0.1, -0.05) is 6.07 Å². The van der Waals surface area contributed by atoms with E-state index in [-0.39, 0.29) is 27.3 Å². The number of benzene rings is 1. The molecular weight excluding hydrogens is 518 g/mol. The monoisotopic (exact) mass is 540 g/mol. The molecule has 0 radical (unpaired) electrons. The van der Waals surface area contributed by atoms with Crippen LogP contribution in [0.2, 0.25) is 0 Å². The van der Waals surface area contributed by atoms with Crippen LogP contribution in [0, 0.1) is 25.2 Å². The van der Waals surface area contributed by atoms with Gasteiger partial charge in [-0.15, -0.1) is 11.8 Å². The Bertz CT molecular complexity index is 1480. The third-order valence-corrected chi connectivity index (χ3v) is 6.93. The van der Waals surface area contributed by atoms with E-state index < -0.39 is 6.43 Å². The third kappa shape index (κ3) is 5.33. The van der Waals surface area contributed by atoms with Crippen molar-refractivity contribution in [3.05, 3.63) is 69.8 Å². The van der Waals surface area contributed by atoms with Crippen LogP contribution in [0.5, 0.6) is 5.75 Å². The van der Waals surface area contributed by atoms with E-state index in [2.05, 4.69) is 15.4 Å². The molecule has 1 saturated heterocycles. The summed E-state index contributed by atoms with van der Waals surface area (Å²) in [6.45, 7) is 3.40. The highest BCUT2D eigenvalue weighted by molar-refractivity contribution is 7.98. The van der Waals surface area contributed by atoms with Gasteiger partial charge in [-0.3, -0.25) is 9.48 Å². The Kier molecular flexibility index (Phi) is 7.56. The van der Waals surface area contributed by atoms with Gasteiger partial charge >= 0.3 is 0 Å². The number of hydrogen-bond donors (Lipinski definition) is 1. The lowest BCUT2D eigenvalue weighted by molar-refractivity contribution is -0.113. The summed E-state index contributed by atoms with van der Waals surface area (Å²) in [6, 6.07) is 8.64. The van der Waals surface area contributed by atoms with Crippen LogP contribution in [0.15, 0.2) is 41.2 Å². The Morgan fingerprint density at radius 3 is 2.70 bits per heavy atom. The SMILES string of the molecule is COc1ccc(/C=C2/NC(=S)N(c3cn(C)nc3C)C2=O)cc1CSc1nc(C(F)F)cc(C)c1C#N. The van der Waals surface area contributed by atoms with Gasteiger partial charge in [0.2, 0.25) is 0 Å². The summed E-state index contributed by atoms with van der Waals surface area (Å²) >= 11 is 6.56. The number of anilines is 1. The van der Waals surface area contributed by atoms with Crippen LogP contribution < -0.4 is 15.0 Å². The van der Waals surface area contributed by atoms with Crippen molar-refractivity contribution >= 4 is 46.8 Å². The van der Waals surface area contributed by atoms with Gasteiger partial charge in [-0.25, -0.2) is 18.7 Å². The second-order valence-corrected chi connectivity index (χ2v) is 9.57. The molecule has 1 amide bonds. The molecule has 8 nitrogen and oxygen atoms in total. The van der Waals surface area contributed by atoms with Crippen molar-refractivity contribution in [1.82, 2.24) is 20.1 Å². The van der Waals surface area contributed by atoms with Gasteiger partial charge in [-0.2, -0.15) is 10.4 Å². The van der Waals surface area contributed by atoms with Crippen LogP contribution in [-0.4, -0.2) is 32.9 Å². The molecule has 190 valence electrons. The van der Waals surface area contributed by atoms with Gasteiger partial charge in [0.1, 0.15) is 28.2 Å². The highest BCUT2D eigenvalue weighted by atomic mass is 32.2. The van der Waals surface area contributed by atoms with Gasteiger partial charge in [0.05, 0.1) is 24.1 Å². The van der Waals surface area contributed by atoms with Crippen LogP contribution in [0.1, 0.15) is 40.1 Å². The van der Waals surface area contributed by atoms with Crippen molar-refractivity contribution in [2.75, 3.05) is 12.0 Å². The van der Waals surface area contributed by atoms with E-state index in [0.29, 0.717) is 39.7 Å². The van der Waals surface area contributed by atoms with E-state index in [4.69, 9.17) is 17.0 Å². The van der Waals surface area contributed by atoms with Crippen molar-refractivity contribution < 1.29 is 18.3 Å². The molecular formula is C25H22F2N6O2S2. The molecule has 0 aliphatic carbocycles. The minimum atomic E-state index is -2.74. The number of halogens is 2. The normalized spacial score (nSPS) is 14.4. The molecule has 1 fully saturated rings. The number of nitrogens with one attached hydrogen (secondary N) is 1. The fourth-order valence-electron chi connectivity index (χ4n) is 3.89. The van der Waals surface area contributed by atoms with E-state index in [0.717, 1.165) is 5.56 Å². The summed E-state index contributed by atoms with van der Waals surface area (Å²) in [5.74, 6) is 0.563. The second kappa shape index (κ2) is 10.7. The van der Waals surface area contributed by atoms with Crippen LogP contribution in [0.3, 0.4) is 0 Å². The molecule has 1 aromatic carbocycles. The predicted molar refractivity (Wildman–Crippen MR) is 140 cm³/mol. The van der Waals surface area contributed by atoms with E-state index in [1.165, 1.54) is 29.8 Å². The number of amides is 1. The van der Waals surface area contributed by atoms with Gasteiger partial charge in [0, 0.05) is 24.6 Å². The molecule has 0 atom stereocenters. The standard InChI is InChI=1S/C25H22F2N6O2S2/c1-13-7-18(22(26)27)29-23(17(13)10-28)37-12-16-8-15(5-6-21(16)35-4)9-19-24(34)33(25(36)30-19)20-11-32(3)31-14(20)2/h5-9,11,22H,12H2,1-4H3,(H,30,36)/b19-9+. The molecule has 0 bridgehead atoms. The molecule has 3 heterocycles. The number of nitrogens with zero attached hydrogens (tertiary/aromatic N) is 5. The van der Waals surface area contributed by atoms with Crippen LogP contribution in [0.25, 0.3) is 6.08 Å². The first-order valence-electron chi connectivity index (χ1n) is 11.0. The number of pyridine rings is 1. The molecule has 2 aromatic heterocycles. The Labute approximate surface area is 221 Å². The summed E-state index contributed by atoms with van der Waals surface area (Å²) in [4.78, 5) is 18.5. The van der Waals surface area contributed by atoms with E-state index in [1.807, 2.05) is 12.1 Å². The second-order valence-electron chi connectivity index (χ2n) is 8.22. The minimum Gasteiger partial charge on any atom is -0.496 e. The fourth-order valence-corrected chi connectivity index (χ4v) is 5.22. The van der Waals surface area contributed by atoms with Gasteiger partial charge in [0.25, 0.3) is 12.3 Å². The topological polar surface area (TPSA) is 96.1 Å². The molecule has 0 spiro atoms. The summed E-state index contributed by atoms with van der Waals surface area (Å²) in [5, 5.41) is 17.2. The fraction of sp³-hybridized carbons (Fsp3) is 0.240. The average molecular weight is 541 g/mol. The number of thioether (sulfide) groups is 1. The van der Waals surface area contributed by atoms with Crippen molar-refractivity contribution in [3.8, 4) is 11.8 Å². The maximum atomic E-state index is 13.3. The number of rotatable bonds is 7. The van der Waals surface area contributed by atoms with Crippen molar-refractivity contribution in [2.24, 2.45) is 7.05 Å². The molecule has 3 aromatic rings. The lowest BCUT2D eigenvalue weighted by Crippen LogP contribution is -2.30. The summed E-state index contributed by atoms with van der Waals surface area (Å²) in [6.07, 6.45) is 0.656. The summed E-state index contributed by atoms with van der Waals surface area (Å²) in [7, 11) is 3.29. The molecule has 37 heavy (non-hydrogen) atoms. The lowest BCUT2D eigenvalue weighted by atomic mass is 10.1. The van der Waals surface area contributed by atoms with Crippen molar-refractivity contribution in [2.45, 2.75) is 31.1 Å². The first kappa shape index (κ1) is 26.2. The summed E-state index contributed by atoms with van der Waals surface area (Å²) in [5.41, 5.74) is 3.32. The van der Waals surface area contributed by atoms with E-state index in [1.54, 1.807) is 50.0 Å². The zero-order chi connectivity index (χ0) is 26.9. The number of aromatic nitrogens is 3. The van der Waals surface area contributed by atoms with Crippen LogP contribution in [-0.2, 0) is 17.6 Å². The molecule has 1 aliphatic heterocycles. The quantitative estimate of drug-likeness (QED) is 0.259. The molecule has 1 N–H and O–H groups in total. The average Bonchev–Trinajstić information content (AvgIpc) is 3.32. The predicted octanol–water partition coefficient (Wildman–Crippen LogP) is 4.80. The Hall–Kier alpha value is -3.82. The molecule has 1 aliphatic rings. The number of nitriles is 1. The number of aryl methyl sites for hydroxylation is 3. The van der Waals surface area contributed by atoms with Gasteiger partial charge < -0.3 is 10.1 Å². The molecule has 0 saturated carbocycles. The smallest absolute Gasteiger partial charge is 0.281 e. The number of alkyl halides is 2. The molecule has 12 heteroatoms. The number of hydrogen-bond acceptors (Lipinski definition) is 7. The Balaban J connectivity index is 1.62. The number of carbonyl (C=O) groups is 1.